The van der Waals surface area contributed by atoms with Crippen LogP contribution in [0.15, 0.2) is 18.3 Å². The number of aromatic nitrogens is 1. The van der Waals surface area contributed by atoms with Crippen LogP contribution in [-0.2, 0) is 14.2 Å². The zero-order valence-corrected chi connectivity index (χ0v) is 11.5. The summed E-state index contributed by atoms with van der Waals surface area (Å²) in [5.74, 6) is 0.125. The van der Waals surface area contributed by atoms with E-state index in [1.165, 1.54) is 13.3 Å². The standard InChI is InChI=1S/C14H19NO5/c1-17-14(16)12-6-5-11(10-15-12)18-8-9-20-13-4-2-3-7-19-13/h5-6,10,13H,2-4,7-9H2,1H3. The molecule has 1 aromatic heterocycles. The highest BCUT2D eigenvalue weighted by Crippen LogP contribution is 2.14. The van der Waals surface area contributed by atoms with E-state index < -0.39 is 5.97 Å². The molecular weight excluding hydrogens is 262 g/mol. The van der Waals surface area contributed by atoms with Gasteiger partial charge in [-0.2, -0.15) is 0 Å². The molecule has 0 N–H and O–H groups in total. The van der Waals surface area contributed by atoms with Gasteiger partial charge in [0.15, 0.2) is 6.29 Å². The van der Waals surface area contributed by atoms with Gasteiger partial charge >= 0.3 is 5.97 Å². The van der Waals surface area contributed by atoms with Gasteiger partial charge < -0.3 is 18.9 Å². The molecule has 0 aromatic carbocycles. The molecule has 1 aliphatic rings. The summed E-state index contributed by atoms with van der Waals surface area (Å²) in [5, 5.41) is 0. The van der Waals surface area contributed by atoms with Crippen molar-refractivity contribution in [3.63, 3.8) is 0 Å². The SMILES string of the molecule is COC(=O)c1ccc(OCCOC2CCCCO2)cn1. The molecule has 6 nitrogen and oxygen atoms in total. The van der Waals surface area contributed by atoms with Crippen LogP contribution < -0.4 is 4.74 Å². The van der Waals surface area contributed by atoms with Crippen LogP contribution >= 0.6 is 0 Å². The lowest BCUT2D eigenvalue weighted by Crippen LogP contribution is -2.24. The van der Waals surface area contributed by atoms with Gasteiger partial charge in [-0.15, -0.1) is 0 Å². The third-order valence-corrected chi connectivity index (χ3v) is 2.92. The molecule has 1 aliphatic heterocycles. The Morgan fingerprint density at radius 2 is 2.30 bits per heavy atom. The van der Waals surface area contributed by atoms with E-state index in [1.54, 1.807) is 12.1 Å². The Morgan fingerprint density at radius 1 is 1.40 bits per heavy atom. The van der Waals surface area contributed by atoms with Gasteiger partial charge in [0, 0.05) is 6.61 Å². The first kappa shape index (κ1) is 14.7. The minimum absolute atomic E-state index is 0.104. The van der Waals surface area contributed by atoms with E-state index in [-0.39, 0.29) is 12.0 Å². The number of pyridine rings is 1. The van der Waals surface area contributed by atoms with Gasteiger partial charge in [0.2, 0.25) is 0 Å². The van der Waals surface area contributed by atoms with E-state index in [0.29, 0.717) is 19.0 Å². The maximum Gasteiger partial charge on any atom is 0.356 e. The number of hydrogen-bond donors (Lipinski definition) is 0. The summed E-state index contributed by atoms with van der Waals surface area (Å²) in [6, 6.07) is 3.24. The maximum atomic E-state index is 11.2. The van der Waals surface area contributed by atoms with Crippen molar-refractivity contribution in [2.24, 2.45) is 0 Å². The van der Waals surface area contributed by atoms with Gasteiger partial charge in [-0.25, -0.2) is 9.78 Å². The highest BCUT2D eigenvalue weighted by Gasteiger charge is 2.13. The van der Waals surface area contributed by atoms with Crippen LogP contribution in [0.25, 0.3) is 0 Å². The van der Waals surface area contributed by atoms with Crippen LogP contribution in [-0.4, -0.2) is 44.2 Å². The average Bonchev–Trinajstić information content (AvgIpc) is 2.52. The third kappa shape index (κ3) is 4.47. The van der Waals surface area contributed by atoms with E-state index in [4.69, 9.17) is 14.2 Å². The highest BCUT2D eigenvalue weighted by molar-refractivity contribution is 5.87. The third-order valence-electron chi connectivity index (χ3n) is 2.92. The van der Waals surface area contributed by atoms with Crippen LogP contribution in [0, 0.1) is 0 Å². The molecule has 0 radical (unpaired) electrons. The predicted octanol–water partition coefficient (Wildman–Crippen LogP) is 1.79. The number of carbonyl (C=O) groups excluding carboxylic acids is 1. The minimum atomic E-state index is -0.464. The number of nitrogens with zero attached hydrogens (tertiary/aromatic N) is 1. The Hall–Kier alpha value is -1.66. The van der Waals surface area contributed by atoms with Crippen LogP contribution in [0.3, 0.4) is 0 Å². The molecule has 2 rings (SSSR count). The predicted molar refractivity (Wildman–Crippen MR) is 70.6 cm³/mol. The van der Waals surface area contributed by atoms with Crippen molar-refractivity contribution in [1.29, 1.82) is 0 Å². The maximum absolute atomic E-state index is 11.2. The van der Waals surface area contributed by atoms with Crippen LogP contribution in [0.4, 0.5) is 0 Å². The van der Waals surface area contributed by atoms with Crippen LogP contribution in [0.2, 0.25) is 0 Å². The fourth-order valence-corrected chi connectivity index (χ4v) is 1.87. The molecule has 6 heteroatoms. The topological polar surface area (TPSA) is 66.9 Å². The summed E-state index contributed by atoms with van der Waals surface area (Å²) >= 11 is 0. The molecule has 20 heavy (non-hydrogen) atoms. The molecule has 1 fully saturated rings. The normalized spacial score (nSPS) is 18.6. The summed E-state index contributed by atoms with van der Waals surface area (Å²) in [6.45, 7) is 1.65. The lowest BCUT2D eigenvalue weighted by Gasteiger charge is -2.22. The summed E-state index contributed by atoms with van der Waals surface area (Å²) < 4.78 is 21.0. The quantitative estimate of drug-likeness (QED) is 0.585. The molecule has 1 aromatic rings. The second-order valence-electron chi connectivity index (χ2n) is 4.39. The number of methoxy groups -OCH3 is 1. The van der Waals surface area contributed by atoms with Gasteiger partial charge in [-0.05, 0) is 31.4 Å². The largest absolute Gasteiger partial charge is 0.490 e. The number of rotatable bonds is 6. The first-order valence-corrected chi connectivity index (χ1v) is 6.70. The molecule has 1 atom stereocenters. The van der Waals surface area contributed by atoms with Crippen molar-refractivity contribution >= 4 is 5.97 Å². The van der Waals surface area contributed by atoms with E-state index in [0.717, 1.165) is 25.9 Å². The van der Waals surface area contributed by atoms with Crippen LogP contribution in [0.1, 0.15) is 29.8 Å². The zero-order valence-electron chi connectivity index (χ0n) is 11.5. The summed E-state index contributed by atoms with van der Waals surface area (Å²) in [7, 11) is 1.32. The molecule has 0 aliphatic carbocycles. The van der Waals surface area contributed by atoms with Gasteiger partial charge in [-0.1, -0.05) is 0 Å². The van der Waals surface area contributed by atoms with E-state index in [1.807, 2.05) is 0 Å². The second kappa shape index (κ2) is 7.81. The smallest absolute Gasteiger partial charge is 0.356 e. The minimum Gasteiger partial charge on any atom is -0.490 e. The Balaban J connectivity index is 1.67. The number of ether oxygens (including phenoxy) is 4. The molecule has 0 saturated carbocycles. The molecule has 1 unspecified atom stereocenters. The van der Waals surface area contributed by atoms with Crippen molar-refractivity contribution in [1.82, 2.24) is 4.98 Å². The van der Waals surface area contributed by atoms with Crippen molar-refractivity contribution in [2.45, 2.75) is 25.6 Å². The van der Waals surface area contributed by atoms with Crippen molar-refractivity contribution in [3.05, 3.63) is 24.0 Å². The van der Waals surface area contributed by atoms with Gasteiger partial charge in [0.25, 0.3) is 0 Å². The number of carbonyl (C=O) groups is 1. The molecule has 0 bridgehead atoms. The molecule has 0 amide bonds. The van der Waals surface area contributed by atoms with Crippen molar-refractivity contribution in [2.75, 3.05) is 26.9 Å². The van der Waals surface area contributed by atoms with Gasteiger partial charge in [-0.3, -0.25) is 0 Å². The second-order valence-corrected chi connectivity index (χ2v) is 4.39. The molecule has 110 valence electrons. The summed E-state index contributed by atoms with van der Waals surface area (Å²) in [4.78, 5) is 15.2. The lowest BCUT2D eigenvalue weighted by molar-refractivity contribution is -0.165. The molecule has 0 spiro atoms. The first-order chi connectivity index (χ1) is 9.79. The monoisotopic (exact) mass is 281 g/mol. The van der Waals surface area contributed by atoms with Gasteiger partial charge in [0.05, 0.1) is 19.9 Å². The number of hydrogen-bond acceptors (Lipinski definition) is 6. The zero-order chi connectivity index (χ0) is 14.2. The number of esters is 1. The highest BCUT2D eigenvalue weighted by atomic mass is 16.7. The molecule has 1 saturated heterocycles. The Bertz CT molecular complexity index is 414. The fraction of sp³-hybridized carbons (Fsp3) is 0.571. The van der Waals surface area contributed by atoms with Gasteiger partial charge in [0.1, 0.15) is 18.1 Å². The lowest BCUT2D eigenvalue weighted by atomic mass is 10.2. The van der Waals surface area contributed by atoms with E-state index >= 15 is 0 Å². The Morgan fingerprint density at radius 3 is 2.95 bits per heavy atom. The summed E-state index contributed by atoms with van der Waals surface area (Å²) in [6.07, 6.45) is 4.57. The van der Waals surface area contributed by atoms with Crippen molar-refractivity contribution in [3.8, 4) is 5.75 Å². The summed E-state index contributed by atoms with van der Waals surface area (Å²) in [5.41, 5.74) is 0.256. The van der Waals surface area contributed by atoms with Crippen LogP contribution in [0.5, 0.6) is 5.75 Å². The molecular formula is C14H19NO5. The fourth-order valence-electron chi connectivity index (χ4n) is 1.87. The molecule has 2 heterocycles. The average molecular weight is 281 g/mol. The Kier molecular flexibility index (Phi) is 5.76. The first-order valence-electron chi connectivity index (χ1n) is 6.70. The van der Waals surface area contributed by atoms with Crippen molar-refractivity contribution < 1.29 is 23.7 Å². The van der Waals surface area contributed by atoms with E-state index in [9.17, 15) is 4.79 Å². The Labute approximate surface area is 118 Å². The van der Waals surface area contributed by atoms with E-state index in [2.05, 4.69) is 9.72 Å².